The standard InChI is InChI=1S/C12H19NS/c13-9-10-5-2-1-3-6-11(10)12-7-4-8-14-12/h4,7-8,10-11H,1-3,5-6,9,13H2. The molecule has 2 rings (SSSR count). The SMILES string of the molecule is NCC1CCCCCC1c1cccs1. The zero-order chi connectivity index (χ0) is 9.80. The third-order valence-corrected chi connectivity index (χ3v) is 4.37. The fraction of sp³-hybridized carbons (Fsp3) is 0.667. The van der Waals surface area contributed by atoms with Gasteiger partial charge in [-0.05, 0) is 42.7 Å². The molecule has 2 heteroatoms. The Morgan fingerprint density at radius 2 is 2.14 bits per heavy atom. The molecule has 1 heterocycles. The van der Waals surface area contributed by atoms with Gasteiger partial charge in [0.1, 0.15) is 0 Å². The van der Waals surface area contributed by atoms with Gasteiger partial charge in [0.15, 0.2) is 0 Å². The third kappa shape index (κ3) is 2.18. The Balaban J connectivity index is 2.12. The van der Waals surface area contributed by atoms with Gasteiger partial charge in [0, 0.05) is 4.88 Å². The molecule has 2 atom stereocenters. The molecule has 2 unspecified atom stereocenters. The van der Waals surface area contributed by atoms with Gasteiger partial charge in [-0.25, -0.2) is 0 Å². The summed E-state index contributed by atoms with van der Waals surface area (Å²) in [7, 11) is 0. The van der Waals surface area contributed by atoms with E-state index in [-0.39, 0.29) is 0 Å². The zero-order valence-corrected chi connectivity index (χ0v) is 9.43. The van der Waals surface area contributed by atoms with Crippen molar-refractivity contribution in [2.45, 2.75) is 38.0 Å². The number of hydrogen-bond acceptors (Lipinski definition) is 2. The predicted octanol–water partition coefficient (Wildman–Crippen LogP) is 3.37. The second-order valence-electron chi connectivity index (χ2n) is 4.26. The van der Waals surface area contributed by atoms with Crippen LogP contribution in [0.25, 0.3) is 0 Å². The molecule has 0 saturated heterocycles. The molecule has 1 aliphatic rings. The second-order valence-corrected chi connectivity index (χ2v) is 5.23. The average Bonchev–Trinajstić information content (AvgIpc) is 2.63. The van der Waals surface area contributed by atoms with Crippen molar-refractivity contribution in [2.75, 3.05) is 6.54 Å². The normalized spacial score (nSPS) is 28.6. The molecule has 1 aromatic rings. The Hall–Kier alpha value is -0.340. The Kier molecular flexibility index (Phi) is 3.60. The first-order valence-corrected chi connectivity index (χ1v) is 6.53. The van der Waals surface area contributed by atoms with Crippen molar-refractivity contribution in [1.82, 2.24) is 0 Å². The van der Waals surface area contributed by atoms with Crippen LogP contribution in [0.15, 0.2) is 17.5 Å². The fourth-order valence-electron chi connectivity index (χ4n) is 2.54. The number of hydrogen-bond donors (Lipinski definition) is 1. The molecule has 78 valence electrons. The molecule has 1 aromatic heterocycles. The maximum atomic E-state index is 5.87. The van der Waals surface area contributed by atoms with Crippen LogP contribution in [0.4, 0.5) is 0 Å². The van der Waals surface area contributed by atoms with Crippen molar-refractivity contribution in [3.05, 3.63) is 22.4 Å². The van der Waals surface area contributed by atoms with Crippen molar-refractivity contribution >= 4 is 11.3 Å². The molecule has 1 aliphatic carbocycles. The van der Waals surface area contributed by atoms with Crippen LogP contribution in [-0.2, 0) is 0 Å². The summed E-state index contributed by atoms with van der Waals surface area (Å²) in [6.07, 6.45) is 6.85. The summed E-state index contributed by atoms with van der Waals surface area (Å²) in [4.78, 5) is 1.56. The highest BCUT2D eigenvalue weighted by Gasteiger charge is 2.24. The van der Waals surface area contributed by atoms with Crippen LogP contribution in [-0.4, -0.2) is 6.54 Å². The van der Waals surface area contributed by atoms with E-state index in [0.29, 0.717) is 0 Å². The topological polar surface area (TPSA) is 26.0 Å². The first-order valence-electron chi connectivity index (χ1n) is 5.65. The molecule has 0 bridgehead atoms. The van der Waals surface area contributed by atoms with Crippen molar-refractivity contribution in [1.29, 1.82) is 0 Å². The molecule has 2 N–H and O–H groups in total. The minimum atomic E-state index is 0.733. The van der Waals surface area contributed by atoms with E-state index in [1.165, 1.54) is 32.1 Å². The maximum absolute atomic E-state index is 5.87. The van der Waals surface area contributed by atoms with Gasteiger partial charge in [-0.1, -0.05) is 25.3 Å². The molecule has 0 radical (unpaired) electrons. The Bertz CT molecular complexity index is 255. The average molecular weight is 209 g/mol. The summed E-state index contributed by atoms with van der Waals surface area (Å²) in [6.45, 7) is 0.864. The summed E-state index contributed by atoms with van der Waals surface area (Å²) < 4.78 is 0. The van der Waals surface area contributed by atoms with E-state index in [9.17, 15) is 0 Å². The maximum Gasteiger partial charge on any atom is 0.00794 e. The van der Waals surface area contributed by atoms with Gasteiger partial charge in [-0.2, -0.15) is 0 Å². The van der Waals surface area contributed by atoms with Gasteiger partial charge in [-0.15, -0.1) is 11.3 Å². The van der Waals surface area contributed by atoms with E-state index in [4.69, 9.17) is 5.73 Å². The van der Waals surface area contributed by atoms with E-state index < -0.39 is 0 Å². The molecule has 1 fully saturated rings. The minimum absolute atomic E-state index is 0.733. The molecule has 14 heavy (non-hydrogen) atoms. The first-order chi connectivity index (χ1) is 6.92. The molecular formula is C12H19NS. The lowest BCUT2D eigenvalue weighted by molar-refractivity contribution is 0.413. The Labute approximate surface area is 90.3 Å². The number of nitrogens with two attached hydrogens (primary N) is 1. The third-order valence-electron chi connectivity index (χ3n) is 3.37. The van der Waals surface area contributed by atoms with E-state index >= 15 is 0 Å². The minimum Gasteiger partial charge on any atom is -0.330 e. The lowest BCUT2D eigenvalue weighted by atomic mass is 9.87. The largest absolute Gasteiger partial charge is 0.330 e. The summed E-state index contributed by atoms with van der Waals surface area (Å²) in [5.41, 5.74) is 5.87. The zero-order valence-electron chi connectivity index (χ0n) is 8.61. The van der Waals surface area contributed by atoms with Gasteiger partial charge in [-0.3, -0.25) is 0 Å². The second kappa shape index (κ2) is 4.94. The van der Waals surface area contributed by atoms with E-state index in [2.05, 4.69) is 17.5 Å². The van der Waals surface area contributed by atoms with Gasteiger partial charge in [0.05, 0.1) is 0 Å². The van der Waals surface area contributed by atoms with Crippen molar-refractivity contribution in [2.24, 2.45) is 11.7 Å². The van der Waals surface area contributed by atoms with Crippen LogP contribution in [0, 0.1) is 5.92 Å². The number of thiophene rings is 1. The first kappa shape index (κ1) is 10.2. The van der Waals surface area contributed by atoms with Crippen LogP contribution < -0.4 is 5.73 Å². The molecule has 0 aromatic carbocycles. The van der Waals surface area contributed by atoms with Gasteiger partial charge in [0.25, 0.3) is 0 Å². The molecule has 1 saturated carbocycles. The van der Waals surface area contributed by atoms with Crippen LogP contribution >= 0.6 is 11.3 Å². The lowest BCUT2D eigenvalue weighted by Crippen LogP contribution is -2.20. The smallest absolute Gasteiger partial charge is 0.00794 e. The van der Waals surface area contributed by atoms with Crippen molar-refractivity contribution in [3.8, 4) is 0 Å². The highest BCUT2D eigenvalue weighted by atomic mass is 32.1. The summed E-state index contributed by atoms with van der Waals surface area (Å²) in [6, 6.07) is 4.45. The van der Waals surface area contributed by atoms with Gasteiger partial charge in [0.2, 0.25) is 0 Å². The summed E-state index contributed by atoms with van der Waals surface area (Å²) >= 11 is 1.90. The summed E-state index contributed by atoms with van der Waals surface area (Å²) in [5.74, 6) is 1.48. The number of rotatable bonds is 2. The molecule has 1 nitrogen and oxygen atoms in total. The van der Waals surface area contributed by atoms with Crippen LogP contribution in [0.1, 0.15) is 42.9 Å². The molecule has 0 spiro atoms. The predicted molar refractivity (Wildman–Crippen MR) is 62.7 cm³/mol. The molecule has 0 aliphatic heterocycles. The quantitative estimate of drug-likeness (QED) is 0.743. The summed E-state index contributed by atoms with van der Waals surface area (Å²) in [5, 5.41) is 2.19. The molecular weight excluding hydrogens is 190 g/mol. The Morgan fingerprint density at radius 1 is 1.29 bits per heavy atom. The van der Waals surface area contributed by atoms with Gasteiger partial charge < -0.3 is 5.73 Å². The Morgan fingerprint density at radius 3 is 2.86 bits per heavy atom. The highest BCUT2D eigenvalue weighted by Crippen LogP contribution is 2.37. The van der Waals surface area contributed by atoms with Crippen LogP contribution in [0.3, 0.4) is 0 Å². The fourth-order valence-corrected chi connectivity index (χ4v) is 3.50. The van der Waals surface area contributed by atoms with E-state index in [1.54, 1.807) is 4.88 Å². The van der Waals surface area contributed by atoms with Gasteiger partial charge >= 0.3 is 0 Å². The highest BCUT2D eigenvalue weighted by molar-refractivity contribution is 7.10. The van der Waals surface area contributed by atoms with E-state index in [0.717, 1.165) is 18.4 Å². The van der Waals surface area contributed by atoms with E-state index in [1.807, 2.05) is 11.3 Å². The van der Waals surface area contributed by atoms with Crippen molar-refractivity contribution in [3.63, 3.8) is 0 Å². The van der Waals surface area contributed by atoms with Crippen molar-refractivity contribution < 1.29 is 0 Å². The molecule has 0 amide bonds. The lowest BCUT2D eigenvalue weighted by Gasteiger charge is -2.22. The van der Waals surface area contributed by atoms with Crippen LogP contribution in [0.5, 0.6) is 0 Å². The van der Waals surface area contributed by atoms with Crippen LogP contribution in [0.2, 0.25) is 0 Å². The monoisotopic (exact) mass is 209 g/mol.